The maximum Gasteiger partial charge on any atom is 0.319 e. The number of pyridine rings is 1. The van der Waals surface area contributed by atoms with Crippen LogP contribution in [0.1, 0.15) is 49.0 Å². The van der Waals surface area contributed by atoms with Crippen LogP contribution in [0.4, 0.5) is 10.5 Å². The summed E-state index contributed by atoms with van der Waals surface area (Å²) in [5, 5.41) is 8.84. The Morgan fingerprint density at radius 1 is 1.00 bits per heavy atom. The van der Waals surface area contributed by atoms with Gasteiger partial charge >= 0.3 is 6.03 Å². The van der Waals surface area contributed by atoms with Crippen molar-refractivity contribution < 1.29 is 14.3 Å². The van der Waals surface area contributed by atoms with Gasteiger partial charge in [0, 0.05) is 24.5 Å². The van der Waals surface area contributed by atoms with Crippen LogP contribution in [0.15, 0.2) is 42.6 Å². The molecule has 0 saturated heterocycles. The average Bonchev–Trinajstić information content (AvgIpc) is 2.73. The molecule has 3 N–H and O–H groups in total. The first-order chi connectivity index (χ1) is 15.0. The quantitative estimate of drug-likeness (QED) is 0.672. The Kier molecular flexibility index (Phi) is 5.04. The molecule has 1 aromatic heterocycles. The smallest absolute Gasteiger partial charge is 0.319 e. The minimum atomic E-state index is -0.310. The third-order valence-corrected chi connectivity index (χ3v) is 6.97. The largest absolute Gasteiger partial charge is 0.455 e. The summed E-state index contributed by atoms with van der Waals surface area (Å²) in [4.78, 5) is 28.8. The molecule has 4 aliphatic rings. The summed E-state index contributed by atoms with van der Waals surface area (Å²) >= 11 is 0. The Labute approximate surface area is 182 Å². The summed E-state index contributed by atoms with van der Waals surface area (Å²) in [5.41, 5.74) is 0.910. The highest BCUT2D eigenvalue weighted by molar-refractivity contribution is 5.94. The van der Waals surface area contributed by atoms with Gasteiger partial charge in [0.05, 0.1) is 0 Å². The molecule has 4 bridgehead atoms. The van der Waals surface area contributed by atoms with Gasteiger partial charge in [-0.1, -0.05) is 0 Å². The molecule has 4 aliphatic carbocycles. The van der Waals surface area contributed by atoms with Crippen LogP contribution in [0, 0.1) is 17.8 Å². The first-order valence-electron chi connectivity index (χ1n) is 11.1. The van der Waals surface area contributed by atoms with Gasteiger partial charge in [0.1, 0.15) is 5.75 Å². The lowest BCUT2D eigenvalue weighted by Gasteiger charge is -2.56. The normalized spacial score (nSPS) is 28.1. The van der Waals surface area contributed by atoms with Crippen molar-refractivity contribution in [2.75, 3.05) is 12.4 Å². The van der Waals surface area contributed by atoms with E-state index in [4.69, 9.17) is 4.74 Å². The van der Waals surface area contributed by atoms with Gasteiger partial charge in [0.15, 0.2) is 11.4 Å². The van der Waals surface area contributed by atoms with E-state index in [1.807, 2.05) is 0 Å². The Morgan fingerprint density at radius 2 is 1.65 bits per heavy atom. The van der Waals surface area contributed by atoms with E-state index in [2.05, 4.69) is 20.9 Å². The first-order valence-corrected chi connectivity index (χ1v) is 11.1. The van der Waals surface area contributed by atoms with Crippen molar-refractivity contribution >= 4 is 17.6 Å². The number of nitrogens with one attached hydrogen (secondary N) is 3. The number of hydrogen-bond acceptors (Lipinski definition) is 4. The van der Waals surface area contributed by atoms with Crippen LogP contribution in [0.3, 0.4) is 0 Å². The van der Waals surface area contributed by atoms with Crippen molar-refractivity contribution in [1.29, 1.82) is 0 Å². The van der Waals surface area contributed by atoms with E-state index in [1.54, 1.807) is 49.6 Å². The number of nitrogens with zero attached hydrogens (tertiary/aromatic N) is 1. The second-order valence-electron chi connectivity index (χ2n) is 9.33. The molecule has 4 fully saturated rings. The second kappa shape index (κ2) is 7.87. The summed E-state index contributed by atoms with van der Waals surface area (Å²) in [6.07, 6.45) is 8.97. The van der Waals surface area contributed by atoms with Crippen molar-refractivity contribution in [2.45, 2.75) is 44.1 Å². The molecule has 162 valence electrons. The van der Waals surface area contributed by atoms with E-state index >= 15 is 0 Å². The van der Waals surface area contributed by atoms with E-state index in [9.17, 15) is 9.59 Å². The predicted molar refractivity (Wildman–Crippen MR) is 117 cm³/mol. The average molecular weight is 421 g/mol. The number of urea groups is 1. The summed E-state index contributed by atoms with van der Waals surface area (Å²) in [7, 11) is 1.55. The molecule has 0 radical (unpaired) electrons. The number of rotatable bonds is 5. The zero-order chi connectivity index (χ0) is 21.4. The van der Waals surface area contributed by atoms with Crippen LogP contribution in [0.5, 0.6) is 11.5 Å². The van der Waals surface area contributed by atoms with Crippen LogP contribution in [0.25, 0.3) is 0 Å². The van der Waals surface area contributed by atoms with Crippen LogP contribution < -0.4 is 20.7 Å². The Balaban J connectivity index is 1.21. The number of ether oxygens (including phenoxy) is 1. The van der Waals surface area contributed by atoms with Gasteiger partial charge in [0.2, 0.25) is 0 Å². The molecule has 0 unspecified atom stereocenters. The second-order valence-corrected chi connectivity index (χ2v) is 9.33. The van der Waals surface area contributed by atoms with Gasteiger partial charge in [-0.25, -0.2) is 9.78 Å². The van der Waals surface area contributed by atoms with Crippen LogP contribution in [0.2, 0.25) is 0 Å². The maximum absolute atomic E-state index is 12.7. The zero-order valence-corrected chi connectivity index (χ0v) is 17.7. The molecular weight excluding hydrogens is 392 g/mol. The van der Waals surface area contributed by atoms with Crippen molar-refractivity contribution in [3.05, 3.63) is 48.3 Å². The highest BCUT2D eigenvalue weighted by Gasteiger charge is 2.51. The third kappa shape index (κ3) is 4.09. The van der Waals surface area contributed by atoms with Gasteiger partial charge in [-0.2, -0.15) is 0 Å². The van der Waals surface area contributed by atoms with E-state index < -0.39 is 0 Å². The Bertz CT molecular complexity index is 953. The Hall–Kier alpha value is -3.09. The summed E-state index contributed by atoms with van der Waals surface area (Å²) in [6, 6.07) is 10.4. The lowest BCUT2D eigenvalue weighted by Crippen LogP contribution is -2.60. The van der Waals surface area contributed by atoms with Crippen LogP contribution >= 0.6 is 0 Å². The first kappa shape index (κ1) is 19.8. The predicted octanol–water partition coefficient (Wildman–Crippen LogP) is 4.32. The summed E-state index contributed by atoms with van der Waals surface area (Å²) in [6.45, 7) is 0. The minimum Gasteiger partial charge on any atom is -0.455 e. The zero-order valence-electron chi connectivity index (χ0n) is 17.7. The summed E-state index contributed by atoms with van der Waals surface area (Å²) in [5.74, 6) is 2.99. The van der Waals surface area contributed by atoms with Crippen molar-refractivity contribution in [3.8, 4) is 11.5 Å². The number of carbonyl (C=O) groups excluding carboxylic acids is 2. The van der Waals surface area contributed by atoms with E-state index in [0.29, 0.717) is 17.2 Å². The SMILES string of the molecule is CNC(=O)c1ncccc1Oc1ccc(NC(=O)NC23CC4CC(CC(C4)C2)C3)cc1. The van der Waals surface area contributed by atoms with Crippen LogP contribution in [-0.4, -0.2) is 29.5 Å². The fraction of sp³-hybridized carbons (Fsp3) is 0.458. The molecular formula is C24H28N4O3. The third-order valence-electron chi connectivity index (χ3n) is 6.97. The van der Waals surface area contributed by atoms with E-state index in [1.165, 1.54) is 19.3 Å². The number of carbonyl (C=O) groups is 2. The number of benzene rings is 1. The molecule has 7 heteroatoms. The van der Waals surface area contributed by atoms with E-state index in [0.717, 1.165) is 37.0 Å². The molecule has 1 heterocycles. The molecule has 0 spiro atoms. The van der Waals surface area contributed by atoms with E-state index in [-0.39, 0.29) is 23.2 Å². The Morgan fingerprint density at radius 3 is 2.26 bits per heavy atom. The van der Waals surface area contributed by atoms with Crippen molar-refractivity contribution in [2.24, 2.45) is 17.8 Å². The number of anilines is 1. The lowest BCUT2D eigenvalue weighted by molar-refractivity contribution is -0.0127. The monoisotopic (exact) mass is 420 g/mol. The molecule has 0 atom stereocenters. The summed E-state index contributed by atoms with van der Waals surface area (Å²) < 4.78 is 5.83. The number of aromatic nitrogens is 1. The van der Waals surface area contributed by atoms with Gasteiger partial charge < -0.3 is 20.7 Å². The fourth-order valence-electron chi connectivity index (χ4n) is 6.16. The number of amides is 3. The minimum absolute atomic E-state index is 0.0154. The van der Waals surface area contributed by atoms with Gasteiger partial charge in [0.25, 0.3) is 5.91 Å². The van der Waals surface area contributed by atoms with Crippen LogP contribution in [-0.2, 0) is 0 Å². The molecule has 31 heavy (non-hydrogen) atoms. The molecule has 4 saturated carbocycles. The molecule has 7 nitrogen and oxygen atoms in total. The molecule has 1 aromatic carbocycles. The topological polar surface area (TPSA) is 92.3 Å². The maximum atomic E-state index is 12.7. The lowest BCUT2D eigenvalue weighted by atomic mass is 9.53. The van der Waals surface area contributed by atoms with Crippen molar-refractivity contribution in [3.63, 3.8) is 0 Å². The van der Waals surface area contributed by atoms with Gasteiger partial charge in [-0.15, -0.1) is 0 Å². The highest BCUT2D eigenvalue weighted by atomic mass is 16.5. The van der Waals surface area contributed by atoms with Gasteiger partial charge in [-0.05, 0) is 92.7 Å². The highest BCUT2D eigenvalue weighted by Crippen LogP contribution is 2.55. The number of hydrogen-bond donors (Lipinski definition) is 3. The van der Waals surface area contributed by atoms with Gasteiger partial charge in [-0.3, -0.25) is 4.79 Å². The molecule has 2 aromatic rings. The van der Waals surface area contributed by atoms with Crippen molar-refractivity contribution in [1.82, 2.24) is 15.6 Å². The fourth-order valence-corrected chi connectivity index (χ4v) is 6.16. The standard InChI is InChI=1S/C24H28N4O3/c1-25-22(29)21-20(3-2-8-26-21)31-19-6-4-18(5-7-19)27-23(30)28-24-12-15-9-16(13-24)11-17(10-15)14-24/h2-8,15-17H,9-14H2,1H3,(H,25,29)(H2,27,28,30). The molecule has 3 amide bonds. The molecule has 6 rings (SSSR count). The molecule has 0 aliphatic heterocycles.